The van der Waals surface area contributed by atoms with Gasteiger partial charge < -0.3 is 19.9 Å². The van der Waals surface area contributed by atoms with Gasteiger partial charge in [0.1, 0.15) is 6.54 Å². The molecule has 0 radical (unpaired) electrons. The van der Waals surface area contributed by atoms with Gasteiger partial charge in [-0.1, -0.05) is 30.3 Å². The topological polar surface area (TPSA) is 79.0 Å². The zero-order valence-electron chi connectivity index (χ0n) is 16.6. The number of esters is 1. The molecule has 1 N–H and O–H groups in total. The number of thioether (sulfide) groups is 1. The second-order valence-corrected chi connectivity index (χ2v) is 8.44. The Morgan fingerprint density at radius 3 is 2.59 bits per heavy atom. The minimum Gasteiger partial charge on any atom is -0.465 e. The lowest BCUT2D eigenvalue weighted by Gasteiger charge is -2.43. The van der Waals surface area contributed by atoms with Crippen molar-refractivity contribution in [3.8, 4) is 0 Å². The van der Waals surface area contributed by atoms with E-state index in [4.69, 9.17) is 4.74 Å². The highest BCUT2D eigenvalue weighted by molar-refractivity contribution is 8.00. The van der Waals surface area contributed by atoms with Crippen molar-refractivity contribution in [2.75, 3.05) is 38.5 Å². The van der Waals surface area contributed by atoms with E-state index in [2.05, 4.69) is 5.32 Å². The van der Waals surface area contributed by atoms with E-state index in [0.717, 1.165) is 30.7 Å². The molecule has 0 atom stereocenters. The zero-order chi connectivity index (χ0) is 20.7. The van der Waals surface area contributed by atoms with Gasteiger partial charge in [0.15, 0.2) is 0 Å². The Bertz CT molecular complexity index is 760. The molecule has 2 aliphatic heterocycles. The van der Waals surface area contributed by atoms with Crippen LogP contribution in [-0.2, 0) is 14.3 Å². The average Bonchev–Trinajstić information content (AvgIpc) is 3.15. The van der Waals surface area contributed by atoms with Gasteiger partial charge in [0.05, 0.1) is 11.5 Å². The fourth-order valence-corrected chi connectivity index (χ4v) is 5.15. The van der Waals surface area contributed by atoms with Gasteiger partial charge in [0, 0.05) is 31.5 Å². The lowest BCUT2D eigenvalue weighted by Crippen LogP contribution is -2.55. The van der Waals surface area contributed by atoms with Crippen molar-refractivity contribution in [1.82, 2.24) is 15.1 Å². The molecule has 1 spiro atoms. The van der Waals surface area contributed by atoms with Gasteiger partial charge >= 0.3 is 12.0 Å². The molecule has 3 rings (SSSR count). The summed E-state index contributed by atoms with van der Waals surface area (Å²) >= 11 is 1.80. The van der Waals surface area contributed by atoms with Gasteiger partial charge in [0.25, 0.3) is 0 Å². The number of amides is 3. The Morgan fingerprint density at radius 1 is 1.17 bits per heavy atom. The highest BCUT2D eigenvalue weighted by Gasteiger charge is 2.46. The maximum Gasteiger partial charge on any atom is 0.325 e. The van der Waals surface area contributed by atoms with Crippen LogP contribution in [0.25, 0.3) is 6.08 Å². The highest BCUT2D eigenvalue weighted by Crippen LogP contribution is 2.44. The third kappa shape index (κ3) is 5.32. The minimum atomic E-state index is -0.442. The largest absolute Gasteiger partial charge is 0.465 e. The summed E-state index contributed by atoms with van der Waals surface area (Å²) < 4.78 is 4.82. The molecule has 29 heavy (non-hydrogen) atoms. The molecule has 1 aromatic carbocycles. The number of hydrogen-bond donors (Lipinski definition) is 1. The number of piperidine rings is 1. The molecule has 8 heteroatoms. The fraction of sp³-hybridized carbons (Fsp3) is 0.476. The number of benzene rings is 1. The maximum absolute atomic E-state index is 12.8. The van der Waals surface area contributed by atoms with Crippen molar-refractivity contribution < 1.29 is 19.1 Å². The minimum absolute atomic E-state index is 0.0130. The van der Waals surface area contributed by atoms with Crippen LogP contribution in [0.1, 0.15) is 25.3 Å². The molecular formula is C21H27N3O4S. The first-order valence-electron chi connectivity index (χ1n) is 9.91. The molecule has 0 saturated carbocycles. The number of rotatable bonds is 5. The van der Waals surface area contributed by atoms with Crippen LogP contribution in [0.4, 0.5) is 4.79 Å². The van der Waals surface area contributed by atoms with Crippen LogP contribution in [-0.4, -0.2) is 71.1 Å². The second kappa shape index (κ2) is 9.82. The molecule has 0 aromatic heterocycles. The number of nitrogens with one attached hydrogen (secondary N) is 1. The quantitative estimate of drug-likeness (QED) is 0.588. The van der Waals surface area contributed by atoms with Crippen LogP contribution >= 0.6 is 11.8 Å². The summed E-state index contributed by atoms with van der Waals surface area (Å²) in [5.41, 5.74) is 0.995. The molecular weight excluding hydrogens is 390 g/mol. The zero-order valence-corrected chi connectivity index (χ0v) is 17.5. The van der Waals surface area contributed by atoms with Crippen molar-refractivity contribution in [3.63, 3.8) is 0 Å². The standard InChI is InChI=1S/C21H27N3O4S/c1-2-28-19(26)16-22-20(27)23-12-10-21(11-13-23)24(14-15-29-21)18(25)9-8-17-6-4-3-5-7-17/h3-9H,2,10-16H2,1H3,(H,22,27)/b9-8+. The lowest BCUT2D eigenvalue weighted by molar-refractivity contribution is -0.141. The molecule has 7 nitrogen and oxygen atoms in total. The summed E-state index contributed by atoms with van der Waals surface area (Å²) in [6, 6.07) is 9.50. The second-order valence-electron chi connectivity index (χ2n) is 6.98. The molecule has 156 valence electrons. The van der Waals surface area contributed by atoms with Crippen LogP contribution in [0, 0.1) is 0 Å². The van der Waals surface area contributed by atoms with Gasteiger partial charge in [-0.05, 0) is 31.4 Å². The third-order valence-corrected chi connectivity index (χ3v) is 6.74. The van der Waals surface area contributed by atoms with E-state index in [1.54, 1.807) is 29.7 Å². The number of ether oxygens (including phenoxy) is 1. The smallest absolute Gasteiger partial charge is 0.325 e. The number of hydrogen-bond acceptors (Lipinski definition) is 5. The van der Waals surface area contributed by atoms with E-state index < -0.39 is 5.97 Å². The Balaban J connectivity index is 1.54. The number of urea groups is 1. The predicted octanol–water partition coefficient (Wildman–Crippen LogP) is 2.34. The number of carbonyl (C=O) groups is 3. The molecule has 2 heterocycles. The Labute approximate surface area is 175 Å². The van der Waals surface area contributed by atoms with Crippen LogP contribution in [0.3, 0.4) is 0 Å². The number of nitrogens with zero attached hydrogens (tertiary/aromatic N) is 2. The van der Waals surface area contributed by atoms with E-state index in [1.165, 1.54) is 0 Å². The van der Waals surface area contributed by atoms with Crippen molar-refractivity contribution in [2.24, 2.45) is 0 Å². The van der Waals surface area contributed by atoms with Gasteiger partial charge in [0.2, 0.25) is 5.91 Å². The van der Waals surface area contributed by atoms with Crippen LogP contribution in [0.15, 0.2) is 36.4 Å². The first kappa shape index (κ1) is 21.2. The molecule has 0 bridgehead atoms. The van der Waals surface area contributed by atoms with E-state index >= 15 is 0 Å². The summed E-state index contributed by atoms with van der Waals surface area (Å²) in [5, 5.41) is 2.60. The summed E-state index contributed by atoms with van der Waals surface area (Å²) in [6.45, 7) is 3.71. The van der Waals surface area contributed by atoms with Crippen molar-refractivity contribution in [1.29, 1.82) is 0 Å². The van der Waals surface area contributed by atoms with Crippen molar-refractivity contribution in [3.05, 3.63) is 42.0 Å². The molecule has 1 aromatic rings. The lowest BCUT2D eigenvalue weighted by atomic mass is 10.0. The number of likely N-dealkylation sites (tertiary alicyclic amines) is 1. The van der Waals surface area contributed by atoms with Crippen LogP contribution in [0.2, 0.25) is 0 Å². The summed E-state index contributed by atoms with van der Waals surface area (Å²) in [6.07, 6.45) is 4.92. The van der Waals surface area contributed by atoms with Crippen LogP contribution < -0.4 is 5.32 Å². The molecule has 2 saturated heterocycles. The maximum atomic E-state index is 12.8. The van der Waals surface area contributed by atoms with E-state index in [-0.39, 0.29) is 23.4 Å². The summed E-state index contributed by atoms with van der Waals surface area (Å²) in [7, 11) is 0. The molecule has 0 aliphatic carbocycles. The fourth-order valence-electron chi connectivity index (χ4n) is 3.69. The van der Waals surface area contributed by atoms with Crippen molar-refractivity contribution in [2.45, 2.75) is 24.6 Å². The Morgan fingerprint density at radius 2 is 1.90 bits per heavy atom. The molecule has 3 amide bonds. The van der Waals surface area contributed by atoms with Gasteiger partial charge in [-0.25, -0.2) is 4.79 Å². The van der Waals surface area contributed by atoms with Gasteiger partial charge in [-0.2, -0.15) is 0 Å². The van der Waals surface area contributed by atoms with Gasteiger partial charge in [-0.15, -0.1) is 11.8 Å². The SMILES string of the molecule is CCOC(=O)CNC(=O)N1CCC2(CC1)SCCN2C(=O)/C=C/c1ccccc1. The van der Waals surface area contributed by atoms with E-state index in [9.17, 15) is 14.4 Å². The first-order chi connectivity index (χ1) is 14.0. The molecule has 2 aliphatic rings. The number of carbonyl (C=O) groups excluding carboxylic acids is 3. The summed E-state index contributed by atoms with van der Waals surface area (Å²) in [5.74, 6) is 0.474. The van der Waals surface area contributed by atoms with Crippen LogP contribution in [0.5, 0.6) is 0 Å². The normalized spacial score (nSPS) is 18.2. The first-order valence-corrected chi connectivity index (χ1v) is 10.9. The Hall–Kier alpha value is -2.48. The average molecular weight is 418 g/mol. The van der Waals surface area contributed by atoms with Crippen molar-refractivity contribution >= 4 is 35.7 Å². The predicted molar refractivity (Wildman–Crippen MR) is 113 cm³/mol. The van der Waals surface area contributed by atoms with Gasteiger partial charge in [-0.3, -0.25) is 9.59 Å². The molecule has 0 unspecified atom stereocenters. The molecule has 2 fully saturated rings. The highest BCUT2D eigenvalue weighted by atomic mass is 32.2. The summed E-state index contributed by atoms with van der Waals surface area (Å²) in [4.78, 5) is 39.9. The third-order valence-electron chi connectivity index (χ3n) is 5.18. The monoisotopic (exact) mass is 417 g/mol. The van der Waals surface area contributed by atoms with E-state index in [1.807, 2.05) is 41.3 Å². The van der Waals surface area contributed by atoms with E-state index in [0.29, 0.717) is 19.7 Å². The Kier molecular flexibility index (Phi) is 7.19.